The van der Waals surface area contributed by atoms with Gasteiger partial charge in [-0.2, -0.15) is 5.10 Å². The van der Waals surface area contributed by atoms with Crippen molar-refractivity contribution in [3.63, 3.8) is 0 Å². The van der Waals surface area contributed by atoms with E-state index in [2.05, 4.69) is 61.0 Å². The molecule has 7 heteroatoms. The number of rotatable bonds is 9. The van der Waals surface area contributed by atoms with Gasteiger partial charge in [0.1, 0.15) is 18.1 Å². The third-order valence-electron chi connectivity index (χ3n) is 7.84. The molecule has 1 saturated heterocycles. The van der Waals surface area contributed by atoms with Gasteiger partial charge in [-0.1, -0.05) is 42.0 Å². The van der Waals surface area contributed by atoms with Crippen LogP contribution in [0, 0.1) is 6.57 Å². The maximum absolute atomic E-state index is 12.1. The van der Waals surface area contributed by atoms with Crippen LogP contribution >= 0.6 is 0 Å². The van der Waals surface area contributed by atoms with E-state index in [1.165, 1.54) is 5.56 Å². The summed E-state index contributed by atoms with van der Waals surface area (Å²) in [5, 5.41) is 5.96. The summed E-state index contributed by atoms with van der Waals surface area (Å²) in [6, 6.07) is 20.5. The molecule has 212 valence electrons. The molecule has 0 radical (unpaired) electrons. The quantitative estimate of drug-likeness (QED) is 0.161. The van der Waals surface area contributed by atoms with Crippen LogP contribution in [0.25, 0.3) is 26.9 Å². The van der Waals surface area contributed by atoms with E-state index < -0.39 is 0 Å². The lowest BCUT2D eigenvalue weighted by Crippen LogP contribution is -2.29. The van der Waals surface area contributed by atoms with Crippen LogP contribution in [0.1, 0.15) is 62.4 Å². The van der Waals surface area contributed by atoms with Crippen LogP contribution in [-0.4, -0.2) is 47.4 Å². The van der Waals surface area contributed by atoms with Crippen molar-refractivity contribution in [1.82, 2.24) is 14.7 Å². The molecule has 0 spiro atoms. The van der Waals surface area contributed by atoms with E-state index in [4.69, 9.17) is 21.1 Å². The molecular formula is C34H38N4O3. The Morgan fingerprint density at radius 1 is 1.07 bits per heavy atom. The fourth-order valence-corrected chi connectivity index (χ4v) is 5.63. The summed E-state index contributed by atoms with van der Waals surface area (Å²) in [6.07, 6.45) is 2.37. The number of esters is 1. The van der Waals surface area contributed by atoms with Crippen molar-refractivity contribution in [1.29, 1.82) is 0 Å². The van der Waals surface area contributed by atoms with E-state index in [-0.39, 0.29) is 25.0 Å². The number of likely N-dealkylation sites (tertiary alicyclic amines) is 1. The number of hydrogen-bond acceptors (Lipinski definition) is 5. The predicted octanol–water partition coefficient (Wildman–Crippen LogP) is 7.33. The number of carbonyl (C=O) groups excluding carboxylic acids is 1. The van der Waals surface area contributed by atoms with Gasteiger partial charge in [0.2, 0.25) is 0 Å². The largest absolute Gasteiger partial charge is 0.487 e. The van der Waals surface area contributed by atoms with Gasteiger partial charge >= 0.3 is 5.97 Å². The zero-order valence-corrected chi connectivity index (χ0v) is 24.4. The van der Waals surface area contributed by atoms with Gasteiger partial charge in [0.25, 0.3) is 0 Å². The second kappa shape index (κ2) is 12.6. The summed E-state index contributed by atoms with van der Waals surface area (Å²) in [5.74, 6) is 0.846. The number of piperidine rings is 1. The molecule has 4 aromatic rings. The first kappa shape index (κ1) is 28.4. The number of para-hydroxylation sites is 1. The van der Waals surface area contributed by atoms with E-state index in [1.807, 2.05) is 35.0 Å². The standard InChI is InChI=1S/C34H38N4O3/c1-6-40-34(39)21-26-9-7-8-10-33(26)41-22-31-30-20-25(11-12-32(30)38(36-31)23(2)3)28-17-27(18-29(19-28)35-4)24-13-15-37(5)16-14-24/h7-12,17-20,23-24H,6,13-16,21-22H2,1-3,5H3. The molecule has 41 heavy (non-hydrogen) atoms. The molecule has 1 fully saturated rings. The molecule has 0 unspecified atom stereocenters. The van der Waals surface area contributed by atoms with Crippen molar-refractivity contribution in [2.45, 2.75) is 58.6 Å². The lowest BCUT2D eigenvalue weighted by Gasteiger charge is -2.29. The Bertz CT molecular complexity index is 1570. The molecule has 0 amide bonds. The summed E-state index contributed by atoms with van der Waals surface area (Å²) < 4.78 is 13.4. The van der Waals surface area contributed by atoms with Crippen LogP contribution in [0.5, 0.6) is 5.75 Å². The molecular weight excluding hydrogens is 512 g/mol. The van der Waals surface area contributed by atoms with Crippen molar-refractivity contribution in [2.24, 2.45) is 0 Å². The second-order valence-corrected chi connectivity index (χ2v) is 11.1. The Hall–Kier alpha value is -4.15. The Morgan fingerprint density at radius 3 is 2.59 bits per heavy atom. The van der Waals surface area contributed by atoms with Gasteiger partial charge in [-0.3, -0.25) is 9.48 Å². The molecule has 0 saturated carbocycles. The average molecular weight is 551 g/mol. The zero-order chi connectivity index (χ0) is 28.9. The Balaban J connectivity index is 1.48. The maximum atomic E-state index is 12.1. The van der Waals surface area contributed by atoms with Crippen LogP contribution < -0.4 is 4.74 Å². The molecule has 2 heterocycles. The van der Waals surface area contributed by atoms with Crippen LogP contribution in [0.15, 0.2) is 60.7 Å². The van der Waals surface area contributed by atoms with Crippen LogP contribution in [-0.2, 0) is 22.6 Å². The Kier molecular flexibility index (Phi) is 8.70. The molecule has 3 aromatic carbocycles. The molecule has 5 rings (SSSR count). The number of carbonyl (C=O) groups is 1. The number of aromatic nitrogens is 2. The molecule has 1 aliphatic heterocycles. The van der Waals surface area contributed by atoms with Gasteiger partial charge in [0.15, 0.2) is 5.69 Å². The maximum Gasteiger partial charge on any atom is 0.310 e. The predicted molar refractivity (Wildman–Crippen MR) is 162 cm³/mol. The van der Waals surface area contributed by atoms with Crippen molar-refractivity contribution < 1.29 is 14.3 Å². The third-order valence-corrected chi connectivity index (χ3v) is 7.84. The van der Waals surface area contributed by atoms with E-state index in [0.717, 1.165) is 59.2 Å². The van der Waals surface area contributed by atoms with Crippen LogP contribution in [0.3, 0.4) is 0 Å². The van der Waals surface area contributed by atoms with Crippen molar-refractivity contribution in [3.8, 4) is 16.9 Å². The molecule has 7 nitrogen and oxygen atoms in total. The van der Waals surface area contributed by atoms with E-state index in [0.29, 0.717) is 24.0 Å². The number of nitrogens with zero attached hydrogens (tertiary/aromatic N) is 4. The zero-order valence-electron chi connectivity index (χ0n) is 24.4. The minimum atomic E-state index is -0.274. The number of ether oxygens (including phenoxy) is 2. The summed E-state index contributed by atoms with van der Waals surface area (Å²) in [4.78, 5) is 18.3. The number of fused-ring (bicyclic) bond motifs is 1. The Morgan fingerprint density at radius 2 is 1.85 bits per heavy atom. The highest BCUT2D eigenvalue weighted by Crippen LogP contribution is 2.36. The topological polar surface area (TPSA) is 61.0 Å². The minimum absolute atomic E-state index is 0.159. The lowest BCUT2D eigenvalue weighted by atomic mass is 9.87. The van der Waals surface area contributed by atoms with E-state index in [1.54, 1.807) is 6.92 Å². The normalized spacial score (nSPS) is 14.3. The minimum Gasteiger partial charge on any atom is -0.487 e. The summed E-state index contributed by atoms with van der Waals surface area (Å²) in [5.41, 5.74) is 6.70. The third kappa shape index (κ3) is 6.44. The van der Waals surface area contributed by atoms with Gasteiger partial charge in [-0.25, -0.2) is 4.85 Å². The molecule has 0 N–H and O–H groups in total. The van der Waals surface area contributed by atoms with Gasteiger partial charge in [0.05, 0.1) is 25.1 Å². The first-order chi connectivity index (χ1) is 19.9. The first-order valence-corrected chi connectivity index (χ1v) is 14.4. The molecule has 0 atom stereocenters. The highest BCUT2D eigenvalue weighted by Gasteiger charge is 2.20. The molecule has 1 aliphatic rings. The van der Waals surface area contributed by atoms with E-state index in [9.17, 15) is 4.79 Å². The summed E-state index contributed by atoms with van der Waals surface area (Å²) in [6.45, 7) is 16.5. The fourth-order valence-electron chi connectivity index (χ4n) is 5.63. The Labute approximate surface area is 242 Å². The highest BCUT2D eigenvalue weighted by molar-refractivity contribution is 5.88. The van der Waals surface area contributed by atoms with Crippen molar-refractivity contribution in [3.05, 3.63) is 88.9 Å². The molecule has 0 bridgehead atoms. The fraction of sp³-hybridized carbons (Fsp3) is 0.382. The number of benzene rings is 3. The lowest BCUT2D eigenvalue weighted by molar-refractivity contribution is -0.142. The van der Waals surface area contributed by atoms with Gasteiger partial charge < -0.3 is 14.4 Å². The summed E-state index contributed by atoms with van der Waals surface area (Å²) in [7, 11) is 2.17. The van der Waals surface area contributed by atoms with Crippen molar-refractivity contribution >= 4 is 22.6 Å². The molecule has 1 aromatic heterocycles. The highest BCUT2D eigenvalue weighted by atomic mass is 16.5. The van der Waals surface area contributed by atoms with Crippen molar-refractivity contribution in [2.75, 3.05) is 26.7 Å². The molecule has 0 aliphatic carbocycles. The number of hydrogen-bond donors (Lipinski definition) is 0. The van der Waals surface area contributed by atoms with Gasteiger partial charge in [-0.05, 0) is 95.1 Å². The monoisotopic (exact) mass is 550 g/mol. The van der Waals surface area contributed by atoms with Gasteiger partial charge in [0, 0.05) is 17.0 Å². The van der Waals surface area contributed by atoms with Crippen LogP contribution in [0.4, 0.5) is 5.69 Å². The van der Waals surface area contributed by atoms with E-state index >= 15 is 0 Å². The smallest absolute Gasteiger partial charge is 0.310 e. The van der Waals surface area contributed by atoms with Gasteiger partial charge in [-0.15, -0.1) is 0 Å². The van der Waals surface area contributed by atoms with Crippen LogP contribution in [0.2, 0.25) is 0 Å². The average Bonchev–Trinajstić information content (AvgIpc) is 3.35. The first-order valence-electron chi connectivity index (χ1n) is 14.4. The summed E-state index contributed by atoms with van der Waals surface area (Å²) >= 11 is 0. The second-order valence-electron chi connectivity index (χ2n) is 11.1. The SMILES string of the molecule is [C-]#[N+]c1cc(-c2ccc3c(c2)c(COc2ccccc2CC(=O)OCC)nn3C(C)C)cc(C2CCN(C)CC2)c1.